The molecule has 0 aromatic carbocycles. The van der Waals surface area contributed by atoms with Gasteiger partial charge in [-0.05, 0) is 12.8 Å². The van der Waals surface area contributed by atoms with Gasteiger partial charge in [-0.3, -0.25) is 4.79 Å². The van der Waals surface area contributed by atoms with E-state index in [0.29, 0.717) is 18.2 Å². The third kappa shape index (κ3) is 3.96. The number of alkyl halides is 4. The van der Waals surface area contributed by atoms with Gasteiger partial charge in [0.25, 0.3) is 0 Å². The number of rotatable bonds is 3. The fourth-order valence-electron chi connectivity index (χ4n) is 2.06. The van der Waals surface area contributed by atoms with Crippen molar-refractivity contribution in [2.24, 2.45) is 5.92 Å². The molecule has 94 valence electrons. The first-order valence-corrected chi connectivity index (χ1v) is 6.49. The van der Waals surface area contributed by atoms with Crippen molar-refractivity contribution in [3.05, 3.63) is 0 Å². The number of nitrogens with one attached hydrogen (secondary N) is 1. The highest BCUT2D eigenvalue weighted by Crippen LogP contribution is 2.37. The Morgan fingerprint density at radius 1 is 1.31 bits per heavy atom. The van der Waals surface area contributed by atoms with Crippen molar-refractivity contribution in [3.63, 3.8) is 0 Å². The minimum atomic E-state index is -4.20. The summed E-state index contributed by atoms with van der Waals surface area (Å²) < 4.78 is 38.0. The third-order valence-corrected chi connectivity index (χ3v) is 3.25. The van der Waals surface area contributed by atoms with Gasteiger partial charge in [0, 0.05) is 17.8 Å². The van der Waals surface area contributed by atoms with Crippen LogP contribution in [0.4, 0.5) is 13.2 Å². The Labute approximate surface area is 101 Å². The molecule has 2 unspecified atom stereocenters. The molecule has 1 amide bonds. The number of hydrogen-bond donors (Lipinski definition) is 1. The lowest BCUT2D eigenvalue weighted by molar-refractivity contribution is -0.189. The van der Waals surface area contributed by atoms with Crippen LogP contribution in [0.3, 0.4) is 0 Å². The van der Waals surface area contributed by atoms with Gasteiger partial charge in [-0.25, -0.2) is 0 Å². The molecule has 0 aromatic heterocycles. The summed E-state index contributed by atoms with van der Waals surface area (Å²) in [5.41, 5.74) is 0. The first-order valence-electron chi connectivity index (χ1n) is 5.37. The fraction of sp³-hybridized carbons (Fsp3) is 0.900. The smallest absolute Gasteiger partial charge is 0.353 e. The number of halogens is 4. The molecule has 1 rings (SSSR count). The Hall–Kier alpha value is -0.260. The van der Waals surface area contributed by atoms with Crippen LogP contribution in [-0.2, 0) is 4.79 Å². The van der Waals surface area contributed by atoms with E-state index in [1.807, 2.05) is 0 Å². The van der Waals surface area contributed by atoms with E-state index >= 15 is 0 Å². The summed E-state index contributed by atoms with van der Waals surface area (Å²) in [5, 5.41) is 2.96. The molecule has 0 aliphatic heterocycles. The summed E-state index contributed by atoms with van der Waals surface area (Å²) in [6, 6.07) is -0.736. The molecule has 1 aliphatic carbocycles. The van der Waals surface area contributed by atoms with Crippen molar-refractivity contribution in [1.29, 1.82) is 0 Å². The van der Waals surface area contributed by atoms with E-state index in [1.165, 1.54) is 0 Å². The maximum Gasteiger partial charge on any atom is 0.393 e. The summed E-state index contributed by atoms with van der Waals surface area (Å²) in [5.74, 6) is -1.68. The maximum atomic E-state index is 12.7. The zero-order chi connectivity index (χ0) is 12.2. The summed E-state index contributed by atoms with van der Waals surface area (Å²) in [7, 11) is 0. The lowest BCUT2D eigenvalue weighted by atomic mass is 9.84. The molecular weight excluding hydrogens is 287 g/mol. The van der Waals surface area contributed by atoms with Gasteiger partial charge in [-0.2, -0.15) is 13.2 Å². The molecule has 0 spiro atoms. The van der Waals surface area contributed by atoms with Crippen LogP contribution in [0.5, 0.6) is 0 Å². The highest BCUT2D eigenvalue weighted by atomic mass is 79.9. The lowest BCUT2D eigenvalue weighted by Crippen LogP contribution is -2.47. The Kier molecular flexibility index (Phi) is 5.08. The largest absolute Gasteiger partial charge is 0.393 e. The van der Waals surface area contributed by atoms with Gasteiger partial charge >= 0.3 is 6.18 Å². The van der Waals surface area contributed by atoms with Crippen molar-refractivity contribution in [3.8, 4) is 0 Å². The van der Waals surface area contributed by atoms with Crippen LogP contribution >= 0.6 is 15.9 Å². The summed E-state index contributed by atoms with van der Waals surface area (Å²) in [4.78, 5) is 11.3. The molecule has 1 fully saturated rings. The average Bonchev–Trinajstić information content (AvgIpc) is 2.17. The van der Waals surface area contributed by atoms with Gasteiger partial charge in [0.1, 0.15) is 0 Å². The second kappa shape index (κ2) is 5.89. The van der Waals surface area contributed by atoms with Crippen molar-refractivity contribution in [2.75, 3.05) is 5.33 Å². The SMILES string of the molecule is O=C(CCBr)NC1CCCCC1C(F)(F)F. The van der Waals surface area contributed by atoms with Crippen molar-refractivity contribution >= 4 is 21.8 Å². The third-order valence-electron chi connectivity index (χ3n) is 2.85. The van der Waals surface area contributed by atoms with Crippen molar-refractivity contribution in [1.82, 2.24) is 5.32 Å². The van der Waals surface area contributed by atoms with Gasteiger partial charge in [-0.1, -0.05) is 28.8 Å². The van der Waals surface area contributed by atoms with Crippen LogP contribution in [0, 0.1) is 5.92 Å². The number of carbonyl (C=O) groups is 1. The Morgan fingerprint density at radius 2 is 1.94 bits per heavy atom. The Morgan fingerprint density at radius 3 is 2.50 bits per heavy atom. The van der Waals surface area contributed by atoms with E-state index in [-0.39, 0.29) is 18.7 Å². The summed E-state index contributed by atoms with van der Waals surface area (Å²) in [6.07, 6.45) is -2.07. The predicted octanol–water partition coefficient (Wildman–Crippen LogP) is 3.01. The van der Waals surface area contributed by atoms with E-state index in [9.17, 15) is 18.0 Å². The number of carbonyl (C=O) groups excluding carboxylic acids is 1. The molecule has 0 bridgehead atoms. The van der Waals surface area contributed by atoms with E-state index in [1.54, 1.807) is 0 Å². The zero-order valence-corrected chi connectivity index (χ0v) is 10.4. The standard InChI is InChI=1S/C10H15BrF3NO/c11-6-5-9(16)15-8-4-2-1-3-7(8)10(12,13)14/h7-8H,1-6H2,(H,15,16). The van der Waals surface area contributed by atoms with E-state index in [0.717, 1.165) is 6.42 Å². The first-order chi connectivity index (χ1) is 7.45. The minimum absolute atomic E-state index is 0.128. The number of hydrogen-bond acceptors (Lipinski definition) is 1. The molecule has 1 saturated carbocycles. The molecule has 2 nitrogen and oxygen atoms in total. The number of amides is 1. The van der Waals surface area contributed by atoms with Crippen LogP contribution < -0.4 is 5.32 Å². The topological polar surface area (TPSA) is 29.1 Å². The highest BCUT2D eigenvalue weighted by molar-refractivity contribution is 9.09. The highest BCUT2D eigenvalue weighted by Gasteiger charge is 2.45. The second-order valence-electron chi connectivity index (χ2n) is 4.05. The predicted molar refractivity (Wildman–Crippen MR) is 58.4 cm³/mol. The quantitative estimate of drug-likeness (QED) is 0.798. The molecule has 6 heteroatoms. The van der Waals surface area contributed by atoms with Crippen LogP contribution in [0.1, 0.15) is 32.1 Å². The minimum Gasteiger partial charge on any atom is -0.353 e. The molecule has 16 heavy (non-hydrogen) atoms. The van der Waals surface area contributed by atoms with Crippen LogP contribution in [0.2, 0.25) is 0 Å². The van der Waals surface area contributed by atoms with E-state index < -0.39 is 18.1 Å². The molecule has 1 N–H and O–H groups in total. The molecule has 0 aromatic rings. The molecule has 0 radical (unpaired) electrons. The van der Waals surface area contributed by atoms with Crippen LogP contribution in [0.15, 0.2) is 0 Å². The van der Waals surface area contributed by atoms with Gasteiger partial charge in [0.15, 0.2) is 0 Å². The Balaban J connectivity index is 2.57. The average molecular weight is 302 g/mol. The maximum absolute atomic E-state index is 12.7. The second-order valence-corrected chi connectivity index (χ2v) is 4.84. The normalized spacial score (nSPS) is 26.5. The zero-order valence-electron chi connectivity index (χ0n) is 8.82. The molecule has 1 aliphatic rings. The molecule has 2 atom stereocenters. The molecule has 0 saturated heterocycles. The molecule has 0 heterocycles. The molecular formula is C10H15BrF3NO. The van der Waals surface area contributed by atoms with E-state index in [4.69, 9.17) is 0 Å². The van der Waals surface area contributed by atoms with Gasteiger partial charge in [0.2, 0.25) is 5.91 Å². The summed E-state index contributed by atoms with van der Waals surface area (Å²) >= 11 is 3.09. The van der Waals surface area contributed by atoms with E-state index in [2.05, 4.69) is 21.2 Å². The monoisotopic (exact) mass is 301 g/mol. The van der Waals surface area contributed by atoms with Crippen molar-refractivity contribution in [2.45, 2.75) is 44.3 Å². The van der Waals surface area contributed by atoms with Crippen LogP contribution in [-0.4, -0.2) is 23.5 Å². The fourth-order valence-corrected chi connectivity index (χ4v) is 2.42. The van der Waals surface area contributed by atoms with Gasteiger partial charge in [0.05, 0.1) is 5.92 Å². The van der Waals surface area contributed by atoms with Crippen LogP contribution in [0.25, 0.3) is 0 Å². The van der Waals surface area contributed by atoms with Crippen molar-refractivity contribution < 1.29 is 18.0 Å². The summed E-state index contributed by atoms with van der Waals surface area (Å²) in [6.45, 7) is 0. The Bertz CT molecular complexity index is 245. The van der Waals surface area contributed by atoms with Gasteiger partial charge in [-0.15, -0.1) is 0 Å². The van der Waals surface area contributed by atoms with Gasteiger partial charge < -0.3 is 5.32 Å². The first kappa shape index (κ1) is 13.8. The lowest BCUT2D eigenvalue weighted by Gasteiger charge is -2.33.